The average molecular weight is 606 g/mol. The Hall–Kier alpha value is -3.03. The number of benzene rings is 1. The SMILES string of the molecule is COc1ccc(C[C@H](NC(=O)OC[C@H]2CCCCN2C(=O)/C(C#N)=C/C(C)(C)C)B2O[C@@H]3C[C@@H]4C[C@@H](C4(C)C)[C@]3(C)O2)cc1. The summed E-state index contributed by atoms with van der Waals surface area (Å²) in [5.74, 6) is 0.987. The minimum absolute atomic E-state index is 0.0160. The van der Waals surface area contributed by atoms with Gasteiger partial charge in [0.25, 0.3) is 5.91 Å². The highest BCUT2D eigenvalue weighted by Gasteiger charge is 2.68. The molecule has 1 N–H and O–H groups in total. The lowest BCUT2D eigenvalue weighted by atomic mass is 9.43. The molecule has 1 aromatic rings. The smallest absolute Gasteiger partial charge is 0.482 e. The predicted octanol–water partition coefficient (Wildman–Crippen LogP) is 5.48. The van der Waals surface area contributed by atoms with Gasteiger partial charge in [0, 0.05) is 6.54 Å². The first-order valence-electron chi connectivity index (χ1n) is 16.1. The van der Waals surface area contributed by atoms with Crippen LogP contribution in [0.25, 0.3) is 0 Å². The third kappa shape index (κ3) is 6.50. The number of alkyl carbamates (subject to hydrolysis) is 1. The van der Waals surface area contributed by atoms with Crippen molar-refractivity contribution in [3.8, 4) is 11.8 Å². The molecule has 2 saturated heterocycles. The highest BCUT2D eigenvalue weighted by atomic mass is 16.7. The van der Waals surface area contributed by atoms with Crippen LogP contribution in [0.4, 0.5) is 4.79 Å². The zero-order valence-corrected chi connectivity index (χ0v) is 27.4. The molecule has 0 radical (unpaired) electrons. The molecule has 10 heteroatoms. The van der Waals surface area contributed by atoms with Gasteiger partial charge in [-0.3, -0.25) is 4.79 Å². The van der Waals surface area contributed by atoms with Gasteiger partial charge < -0.3 is 29.0 Å². The van der Waals surface area contributed by atoms with Crippen LogP contribution in [0, 0.1) is 34.0 Å². The summed E-state index contributed by atoms with van der Waals surface area (Å²) in [5.41, 5.74) is 0.620. The zero-order chi connectivity index (χ0) is 31.9. The molecule has 2 bridgehead atoms. The number of likely N-dealkylation sites (tertiary alicyclic amines) is 1. The molecule has 0 spiro atoms. The van der Waals surface area contributed by atoms with Gasteiger partial charge in [0.15, 0.2) is 0 Å². The Balaban J connectivity index is 1.27. The molecule has 44 heavy (non-hydrogen) atoms. The molecular formula is C34H48BN3O6. The summed E-state index contributed by atoms with van der Waals surface area (Å²) in [7, 11) is 1.01. The number of allylic oxidation sites excluding steroid dienone is 1. The van der Waals surface area contributed by atoms with E-state index in [-0.39, 0.29) is 41.1 Å². The van der Waals surface area contributed by atoms with Gasteiger partial charge in [-0.2, -0.15) is 5.26 Å². The van der Waals surface area contributed by atoms with Crippen LogP contribution in [0.5, 0.6) is 5.75 Å². The van der Waals surface area contributed by atoms with Crippen molar-refractivity contribution in [3.63, 3.8) is 0 Å². The maximum absolute atomic E-state index is 13.3. The Morgan fingerprint density at radius 3 is 2.57 bits per heavy atom. The molecule has 6 atom stereocenters. The number of amides is 2. The normalized spacial score (nSPS) is 30.0. The largest absolute Gasteiger partial charge is 0.497 e. The molecule has 3 aliphatic carbocycles. The van der Waals surface area contributed by atoms with Crippen molar-refractivity contribution in [1.29, 1.82) is 5.26 Å². The summed E-state index contributed by atoms with van der Waals surface area (Å²) in [6.07, 6.45) is 6.18. The molecule has 5 fully saturated rings. The molecule has 3 saturated carbocycles. The fourth-order valence-corrected chi connectivity index (χ4v) is 7.84. The number of nitriles is 1. The molecule has 1 aromatic carbocycles. The van der Waals surface area contributed by atoms with E-state index in [0.717, 1.165) is 37.0 Å². The maximum Gasteiger partial charge on any atom is 0.482 e. The maximum atomic E-state index is 13.3. The summed E-state index contributed by atoms with van der Waals surface area (Å²) >= 11 is 0. The number of methoxy groups -OCH3 is 1. The van der Waals surface area contributed by atoms with E-state index in [4.69, 9.17) is 18.8 Å². The minimum Gasteiger partial charge on any atom is -0.497 e. The second-order valence-corrected chi connectivity index (χ2v) is 14.9. The van der Waals surface area contributed by atoms with Crippen LogP contribution in [-0.4, -0.2) is 68.0 Å². The van der Waals surface area contributed by atoms with Gasteiger partial charge in [-0.25, -0.2) is 4.79 Å². The van der Waals surface area contributed by atoms with Gasteiger partial charge >= 0.3 is 13.2 Å². The number of hydrogen-bond acceptors (Lipinski definition) is 7. The number of piperidine rings is 1. The molecule has 6 rings (SSSR count). The molecule has 9 nitrogen and oxygen atoms in total. The van der Waals surface area contributed by atoms with Crippen molar-refractivity contribution in [1.82, 2.24) is 10.2 Å². The number of rotatable bonds is 8. The van der Waals surface area contributed by atoms with Crippen molar-refractivity contribution in [2.75, 3.05) is 20.3 Å². The summed E-state index contributed by atoms with van der Waals surface area (Å²) in [6, 6.07) is 9.54. The molecule has 2 aliphatic heterocycles. The molecule has 238 valence electrons. The van der Waals surface area contributed by atoms with Crippen LogP contribution in [0.1, 0.15) is 79.2 Å². The first kappa shape index (κ1) is 32.4. The van der Waals surface area contributed by atoms with Crippen LogP contribution >= 0.6 is 0 Å². The van der Waals surface area contributed by atoms with Crippen LogP contribution in [0.15, 0.2) is 35.9 Å². The highest BCUT2D eigenvalue weighted by molar-refractivity contribution is 6.47. The second-order valence-electron chi connectivity index (χ2n) is 14.9. The van der Waals surface area contributed by atoms with E-state index in [9.17, 15) is 14.9 Å². The molecule has 0 unspecified atom stereocenters. The highest BCUT2D eigenvalue weighted by Crippen LogP contribution is 2.65. The van der Waals surface area contributed by atoms with Crippen LogP contribution in [-0.2, 0) is 25.3 Å². The number of carbonyl (C=O) groups excluding carboxylic acids is 2. The fourth-order valence-electron chi connectivity index (χ4n) is 7.84. The first-order valence-corrected chi connectivity index (χ1v) is 16.1. The van der Waals surface area contributed by atoms with E-state index in [1.165, 1.54) is 0 Å². The van der Waals surface area contributed by atoms with E-state index in [1.807, 2.05) is 45.0 Å². The Morgan fingerprint density at radius 1 is 1.20 bits per heavy atom. The predicted molar refractivity (Wildman–Crippen MR) is 168 cm³/mol. The van der Waals surface area contributed by atoms with E-state index in [1.54, 1.807) is 18.1 Å². The van der Waals surface area contributed by atoms with Gasteiger partial charge in [-0.05, 0) is 85.8 Å². The standard InChI is InChI=1S/C34H48BN3O6/c1-32(2,3)19-23(20-36)30(39)38-15-9-8-10-25(38)21-42-31(40)37-29(16-22-11-13-26(41-7)14-12-22)35-43-28-18-24-17-27(33(24,4)5)34(28,6)44-35/h11-14,19,24-25,27-29H,8-10,15-18,21H2,1-7H3,(H,37,40)/b23-19+/t24-,25+,27-,28+,29-,34-/m0/s1. The number of ether oxygens (including phenoxy) is 2. The fraction of sp³-hybridized carbons (Fsp3) is 0.676. The van der Waals surface area contributed by atoms with Crippen LogP contribution in [0.2, 0.25) is 0 Å². The van der Waals surface area contributed by atoms with Gasteiger partial charge in [0.2, 0.25) is 0 Å². The number of nitrogens with zero attached hydrogens (tertiary/aromatic N) is 2. The number of hydrogen-bond donors (Lipinski definition) is 1. The third-order valence-corrected chi connectivity index (χ3v) is 10.4. The van der Waals surface area contributed by atoms with Crippen LogP contribution < -0.4 is 10.1 Å². The topological polar surface area (TPSA) is 110 Å². The van der Waals surface area contributed by atoms with Gasteiger partial charge in [-0.1, -0.05) is 52.8 Å². The van der Waals surface area contributed by atoms with Crippen molar-refractivity contribution in [2.45, 2.75) is 104 Å². The molecular weight excluding hydrogens is 557 g/mol. The van der Waals surface area contributed by atoms with Crippen molar-refractivity contribution in [2.24, 2.45) is 22.7 Å². The Labute approximate surface area is 262 Å². The Morgan fingerprint density at radius 2 is 1.93 bits per heavy atom. The van der Waals surface area contributed by atoms with E-state index in [2.05, 4.69) is 32.2 Å². The van der Waals surface area contributed by atoms with Crippen molar-refractivity contribution < 1.29 is 28.4 Å². The zero-order valence-electron chi connectivity index (χ0n) is 27.4. The van der Waals surface area contributed by atoms with Gasteiger partial charge in [0.05, 0.1) is 30.8 Å². The molecule has 0 aromatic heterocycles. The lowest BCUT2D eigenvalue weighted by Crippen LogP contribution is -2.65. The van der Waals surface area contributed by atoms with Crippen molar-refractivity contribution >= 4 is 19.1 Å². The lowest BCUT2D eigenvalue weighted by Gasteiger charge is -2.64. The van der Waals surface area contributed by atoms with E-state index < -0.39 is 24.8 Å². The van der Waals surface area contributed by atoms with Gasteiger partial charge in [0.1, 0.15) is 24.0 Å². The molecule has 2 heterocycles. The third-order valence-electron chi connectivity index (χ3n) is 10.4. The summed E-state index contributed by atoms with van der Waals surface area (Å²) in [6.45, 7) is 13.3. The molecule has 2 amide bonds. The van der Waals surface area contributed by atoms with E-state index >= 15 is 0 Å². The molecule has 5 aliphatic rings. The lowest BCUT2D eigenvalue weighted by molar-refractivity contribution is -0.199. The quantitative estimate of drug-likeness (QED) is 0.238. The summed E-state index contributed by atoms with van der Waals surface area (Å²) in [4.78, 5) is 28.4. The minimum atomic E-state index is -0.622. The Kier molecular flexibility index (Phi) is 9.12. The van der Waals surface area contributed by atoms with Crippen molar-refractivity contribution in [3.05, 3.63) is 41.5 Å². The number of carbonyl (C=O) groups is 2. The first-order chi connectivity index (χ1) is 20.7. The average Bonchev–Trinajstić information content (AvgIpc) is 3.35. The second kappa shape index (κ2) is 12.4. The van der Waals surface area contributed by atoms with Gasteiger partial charge in [-0.15, -0.1) is 0 Å². The monoisotopic (exact) mass is 605 g/mol. The van der Waals surface area contributed by atoms with Crippen LogP contribution in [0.3, 0.4) is 0 Å². The summed E-state index contributed by atoms with van der Waals surface area (Å²) in [5, 5.41) is 12.8. The Bertz CT molecular complexity index is 1300. The number of nitrogens with one attached hydrogen (secondary N) is 1. The summed E-state index contributed by atoms with van der Waals surface area (Å²) < 4.78 is 24.4. The van der Waals surface area contributed by atoms with E-state index in [0.29, 0.717) is 31.2 Å².